The number of nitrogens with one attached hydrogen (secondary N) is 2. The van der Waals surface area contributed by atoms with Crippen LogP contribution in [-0.2, 0) is 0 Å². The minimum absolute atomic E-state index is 0.0940. The number of nitrogens with zero attached hydrogens (tertiary/aromatic N) is 2. The number of carbonyl (C=O) groups is 2. The molecule has 196 valence electrons. The van der Waals surface area contributed by atoms with Crippen LogP contribution in [0.1, 0.15) is 31.8 Å². The highest BCUT2D eigenvalue weighted by Crippen LogP contribution is 2.17. The highest BCUT2D eigenvalue weighted by Gasteiger charge is 2.11. The largest absolute Gasteiger partial charge is 0.322 e. The number of anilines is 2. The van der Waals surface area contributed by atoms with Gasteiger partial charge in [-0.25, -0.2) is 0 Å². The van der Waals surface area contributed by atoms with E-state index in [0.29, 0.717) is 22.5 Å². The molecule has 0 aromatic heterocycles. The Hall–Kier alpha value is -6.08. The number of benzene rings is 4. The van der Waals surface area contributed by atoms with Crippen LogP contribution in [0, 0.1) is 32.1 Å². The third kappa shape index (κ3) is 7.24. The van der Waals surface area contributed by atoms with Gasteiger partial charge in [-0.15, -0.1) is 0 Å². The molecule has 2 N–H and O–H groups in total. The van der Waals surface area contributed by atoms with Gasteiger partial charge in [-0.3, -0.25) is 29.8 Å². The first-order chi connectivity index (χ1) is 19.3. The fourth-order valence-electron chi connectivity index (χ4n) is 3.53. The summed E-state index contributed by atoms with van der Waals surface area (Å²) in [5.41, 5.74) is 2.92. The third-order valence-electron chi connectivity index (χ3n) is 5.52. The molecule has 10 heteroatoms. The fourth-order valence-corrected chi connectivity index (χ4v) is 3.53. The van der Waals surface area contributed by atoms with Crippen LogP contribution < -0.4 is 10.6 Å². The van der Waals surface area contributed by atoms with Crippen molar-refractivity contribution in [3.8, 4) is 11.8 Å². The zero-order valence-corrected chi connectivity index (χ0v) is 20.7. The third-order valence-corrected chi connectivity index (χ3v) is 5.52. The van der Waals surface area contributed by atoms with Crippen LogP contribution in [0.5, 0.6) is 0 Å². The average Bonchev–Trinajstić information content (AvgIpc) is 2.96. The predicted molar refractivity (Wildman–Crippen MR) is 151 cm³/mol. The first-order valence-corrected chi connectivity index (χ1v) is 11.8. The molecule has 0 unspecified atom stereocenters. The highest BCUT2D eigenvalue weighted by molar-refractivity contribution is 6.05. The van der Waals surface area contributed by atoms with E-state index in [4.69, 9.17) is 0 Å². The van der Waals surface area contributed by atoms with Gasteiger partial charge in [0.2, 0.25) is 0 Å². The van der Waals surface area contributed by atoms with E-state index in [-0.39, 0.29) is 16.9 Å². The summed E-state index contributed by atoms with van der Waals surface area (Å²) in [4.78, 5) is 45.4. The summed E-state index contributed by atoms with van der Waals surface area (Å²) in [5, 5.41) is 27.1. The molecule has 0 heterocycles. The van der Waals surface area contributed by atoms with E-state index >= 15 is 0 Å². The molecule has 4 rings (SSSR count). The van der Waals surface area contributed by atoms with Crippen molar-refractivity contribution in [2.45, 2.75) is 0 Å². The van der Waals surface area contributed by atoms with E-state index in [1.807, 2.05) is 6.07 Å². The molecule has 0 atom stereocenters. The van der Waals surface area contributed by atoms with Crippen LogP contribution in [-0.4, -0.2) is 21.7 Å². The Kier molecular flexibility index (Phi) is 8.39. The maximum Gasteiger partial charge on any atom is 0.269 e. The van der Waals surface area contributed by atoms with E-state index in [1.165, 1.54) is 48.5 Å². The van der Waals surface area contributed by atoms with Crippen molar-refractivity contribution >= 4 is 40.6 Å². The summed E-state index contributed by atoms with van der Waals surface area (Å²) in [5.74, 6) is 5.12. The van der Waals surface area contributed by atoms with Crippen molar-refractivity contribution in [2.75, 3.05) is 10.6 Å². The first kappa shape index (κ1) is 27.0. The SMILES string of the molecule is O=C(Nc1cccc(C#CC=Cc2cccc(NC(=O)c3ccc([N+](=O)[O-])cc3)c2)c1)c1ccc([N+](=O)[O-])cc1. The number of hydrogen-bond acceptors (Lipinski definition) is 6. The van der Waals surface area contributed by atoms with Crippen LogP contribution in [0.2, 0.25) is 0 Å². The molecule has 0 spiro atoms. The molecule has 4 aromatic rings. The highest BCUT2D eigenvalue weighted by atomic mass is 16.6. The molecule has 0 fully saturated rings. The van der Waals surface area contributed by atoms with Gasteiger partial charge in [-0.1, -0.05) is 30.0 Å². The quantitative estimate of drug-likeness (QED) is 0.168. The molecule has 0 aliphatic rings. The minimum atomic E-state index is -0.530. The smallest absolute Gasteiger partial charge is 0.269 e. The normalized spacial score (nSPS) is 10.3. The van der Waals surface area contributed by atoms with Crippen LogP contribution in [0.3, 0.4) is 0 Å². The van der Waals surface area contributed by atoms with E-state index in [9.17, 15) is 29.8 Å². The summed E-state index contributed by atoms with van der Waals surface area (Å²) >= 11 is 0. The second-order valence-corrected chi connectivity index (χ2v) is 8.33. The Morgan fingerprint density at radius 3 is 1.70 bits per heavy atom. The van der Waals surface area contributed by atoms with Gasteiger partial charge in [0.15, 0.2) is 0 Å². The molecule has 2 amide bonds. The van der Waals surface area contributed by atoms with Gasteiger partial charge >= 0.3 is 0 Å². The summed E-state index contributed by atoms with van der Waals surface area (Å²) in [6.45, 7) is 0. The Bertz CT molecular complexity index is 1680. The summed E-state index contributed by atoms with van der Waals surface area (Å²) in [7, 11) is 0. The maximum atomic E-state index is 12.5. The van der Waals surface area contributed by atoms with Crippen LogP contribution in [0.15, 0.2) is 103 Å². The Morgan fingerprint density at radius 2 is 1.18 bits per heavy atom. The zero-order chi connectivity index (χ0) is 28.5. The molecular weight excluding hydrogens is 512 g/mol. The molecular formula is C30H20N4O6. The second-order valence-electron chi connectivity index (χ2n) is 8.33. The molecule has 40 heavy (non-hydrogen) atoms. The summed E-state index contributed by atoms with van der Waals surface area (Å²) in [6, 6.07) is 24.7. The van der Waals surface area contributed by atoms with Gasteiger partial charge in [0.1, 0.15) is 0 Å². The van der Waals surface area contributed by atoms with Crippen molar-refractivity contribution in [1.82, 2.24) is 0 Å². The van der Waals surface area contributed by atoms with Crippen LogP contribution >= 0.6 is 0 Å². The number of rotatable bonds is 7. The van der Waals surface area contributed by atoms with Gasteiger partial charge in [0.05, 0.1) is 9.85 Å². The van der Waals surface area contributed by atoms with Gasteiger partial charge in [0.25, 0.3) is 23.2 Å². The zero-order valence-electron chi connectivity index (χ0n) is 20.7. The number of allylic oxidation sites excluding steroid dienone is 1. The van der Waals surface area contributed by atoms with Crippen molar-refractivity contribution in [3.63, 3.8) is 0 Å². The van der Waals surface area contributed by atoms with Crippen LogP contribution in [0.4, 0.5) is 22.7 Å². The molecule has 0 aliphatic carbocycles. The van der Waals surface area contributed by atoms with Gasteiger partial charge in [-0.05, 0) is 72.3 Å². The van der Waals surface area contributed by atoms with E-state index < -0.39 is 21.7 Å². The topological polar surface area (TPSA) is 144 Å². The van der Waals surface area contributed by atoms with Gasteiger partial charge < -0.3 is 10.6 Å². The molecule has 10 nitrogen and oxygen atoms in total. The lowest BCUT2D eigenvalue weighted by Crippen LogP contribution is -2.11. The molecule has 0 bridgehead atoms. The maximum absolute atomic E-state index is 12.5. The lowest BCUT2D eigenvalue weighted by Gasteiger charge is -2.06. The number of non-ortho nitro benzene ring substituents is 2. The summed E-state index contributed by atoms with van der Waals surface area (Å²) in [6.07, 6.45) is 3.42. The monoisotopic (exact) mass is 532 g/mol. The minimum Gasteiger partial charge on any atom is -0.322 e. The van der Waals surface area contributed by atoms with E-state index in [1.54, 1.807) is 54.6 Å². The molecule has 0 saturated heterocycles. The van der Waals surface area contributed by atoms with Crippen molar-refractivity contribution in [3.05, 3.63) is 146 Å². The van der Waals surface area contributed by atoms with Crippen molar-refractivity contribution in [1.29, 1.82) is 0 Å². The molecule has 0 saturated carbocycles. The number of amides is 2. The van der Waals surface area contributed by atoms with Gasteiger partial charge in [-0.2, -0.15) is 0 Å². The lowest BCUT2D eigenvalue weighted by molar-refractivity contribution is -0.385. The van der Waals surface area contributed by atoms with E-state index in [0.717, 1.165) is 5.56 Å². The lowest BCUT2D eigenvalue weighted by atomic mass is 10.1. The number of carbonyl (C=O) groups excluding carboxylic acids is 2. The molecule has 4 aromatic carbocycles. The van der Waals surface area contributed by atoms with Gasteiger partial charge in [0, 0.05) is 52.3 Å². The summed E-state index contributed by atoms with van der Waals surface area (Å²) < 4.78 is 0. The standard InChI is InChI=1S/C30H20N4O6/c35-29(23-11-15-27(16-12-23)33(37)38)31-25-9-3-7-21(19-25)5-1-2-6-22-8-4-10-26(20-22)32-30(36)24-13-17-28(18-14-24)34(39)40/h1,3-5,7-20H,(H,31,35)(H,32,36). The first-order valence-electron chi connectivity index (χ1n) is 11.8. The molecule has 0 aliphatic heterocycles. The number of nitro groups is 2. The van der Waals surface area contributed by atoms with Crippen molar-refractivity contribution in [2.24, 2.45) is 0 Å². The average molecular weight is 533 g/mol. The van der Waals surface area contributed by atoms with Crippen LogP contribution in [0.25, 0.3) is 6.08 Å². The molecule has 0 radical (unpaired) electrons. The number of nitro benzene ring substituents is 2. The Balaban J connectivity index is 1.36. The predicted octanol–water partition coefficient (Wildman–Crippen LogP) is 6.07. The Morgan fingerprint density at radius 1 is 0.675 bits per heavy atom. The Labute approximate surface area is 228 Å². The van der Waals surface area contributed by atoms with Crippen molar-refractivity contribution < 1.29 is 19.4 Å². The second kappa shape index (κ2) is 12.4. The fraction of sp³-hybridized carbons (Fsp3) is 0. The van der Waals surface area contributed by atoms with E-state index in [2.05, 4.69) is 22.5 Å². The number of hydrogen-bond donors (Lipinski definition) is 2.